The molecule has 0 aromatic heterocycles. The van der Waals surface area contributed by atoms with Gasteiger partial charge in [0.05, 0.1) is 6.42 Å². The molecule has 2 saturated heterocycles. The molecular weight excluding hydrogens is 596 g/mol. The first kappa shape index (κ1) is 41.1. The van der Waals surface area contributed by atoms with E-state index in [9.17, 15) is 19.2 Å². The molecule has 4 unspecified atom stereocenters. The van der Waals surface area contributed by atoms with Crippen molar-refractivity contribution in [1.82, 2.24) is 0 Å². The molecule has 0 aliphatic carbocycles. The van der Waals surface area contributed by atoms with Crippen LogP contribution in [0.1, 0.15) is 200 Å². The zero-order chi connectivity index (χ0) is 34.0. The van der Waals surface area contributed by atoms with Crippen LogP contribution in [0.5, 0.6) is 0 Å². The van der Waals surface area contributed by atoms with Gasteiger partial charge in [-0.1, -0.05) is 117 Å². The molecule has 0 spiro atoms. The molecule has 8 nitrogen and oxygen atoms in total. The molecule has 2 fully saturated rings. The summed E-state index contributed by atoms with van der Waals surface area (Å²) in [6, 6.07) is 0. The zero-order valence-corrected chi connectivity index (χ0v) is 30.1. The predicted octanol–water partition coefficient (Wildman–Crippen LogP) is 11.3. The van der Waals surface area contributed by atoms with E-state index < -0.39 is 12.3 Å². The Hall–Kier alpha value is -2.12. The summed E-state index contributed by atoms with van der Waals surface area (Å²) < 4.78 is 21.6. The van der Waals surface area contributed by atoms with Crippen LogP contribution in [0, 0.1) is 0 Å². The summed E-state index contributed by atoms with van der Waals surface area (Å²) in [7, 11) is 0. The second-order valence-electron chi connectivity index (χ2n) is 14.1. The van der Waals surface area contributed by atoms with E-state index >= 15 is 0 Å². The Bertz CT molecular complexity index is 790. The lowest BCUT2D eigenvalue weighted by Crippen LogP contribution is -2.22. The topological polar surface area (TPSA) is 105 Å². The summed E-state index contributed by atoms with van der Waals surface area (Å²) in [5.74, 6) is 0.123. The SMILES string of the molecule is CCCCCCCCC1OC(=O)OC1CCCCCCCC(=O)CC(=O)CCCCCCCC1OC(=O)OC1CCCCCCCC. The number of ether oxygens (including phenoxy) is 4. The maximum absolute atomic E-state index is 12.3. The highest BCUT2D eigenvalue weighted by molar-refractivity contribution is 5.98. The third-order valence-corrected chi connectivity index (χ3v) is 9.79. The predicted molar refractivity (Wildman–Crippen MR) is 186 cm³/mol. The van der Waals surface area contributed by atoms with Crippen molar-refractivity contribution in [3.05, 3.63) is 0 Å². The van der Waals surface area contributed by atoms with Crippen molar-refractivity contribution in [2.75, 3.05) is 0 Å². The number of hydrogen-bond donors (Lipinski definition) is 0. The molecule has 8 heteroatoms. The van der Waals surface area contributed by atoms with Gasteiger partial charge in [-0.25, -0.2) is 9.59 Å². The van der Waals surface area contributed by atoms with Crippen LogP contribution in [0.2, 0.25) is 0 Å². The molecule has 2 rings (SSSR count). The molecule has 2 aliphatic rings. The minimum Gasteiger partial charge on any atom is -0.427 e. The van der Waals surface area contributed by atoms with Gasteiger partial charge in [-0.15, -0.1) is 0 Å². The molecule has 0 saturated carbocycles. The van der Waals surface area contributed by atoms with Gasteiger partial charge in [0, 0.05) is 12.8 Å². The maximum Gasteiger partial charge on any atom is 0.509 e. The molecule has 2 heterocycles. The van der Waals surface area contributed by atoms with E-state index in [-0.39, 0.29) is 42.4 Å². The van der Waals surface area contributed by atoms with Crippen LogP contribution in [0.3, 0.4) is 0 Å². The summed E-state index contributed by atoms with van der Waals surface area (Å²) in [6.07, 6.45) is 27.4. The van der Waals surface area contributed by atoms with E-state index in [2.05, 4.69) is 13.8 Å². The van der Waals surface area contributed by atoms with Crippen molar-refractivity contribution in [3.8, 4) is 0 Å². The highest BCUT2D eigenvalue weighted by Gasteiger charge is 2.36. The third-order valence-electron chi connectivity index (χ3n) is 9.79. The molecule has 0 N–H and O–H groups in total. The van der Waals surface area contributed by atoms with Crippen molar-refractivity contribution >= 4 is 23.9 Å². The number of ketones is 2. The first-order chi connectivity index (χ1) is 22.9. The second-order valence-corrected chi connectivity index (χ2v) is 14.1. The minimum absolute atomic E-state index is 0.0615. The Balaban J connectivity index is 1.40. The Morgan fingerprint density at radius 3 is 0.957 bits per heavy atom. The fourth-order valence-electron chi connectivity index (χ4n) is 6.88. The zero-order valence-electron chi connectivity index (χ0n) is 30.1. The first-order valence-electron chi connectivity index (χ1n) is 19.7. The van der Waals surface area contributed by atoms with E-state index in [1.54, 1.807) is 0 Å². The number of rotatable bonds is 32. The van der Waals surface area contributed by atoms with Crippen LogP contribution in [0.25, 0.3) is 0 Å². The summed E-state index contributed by atoms with van der Waals surface area (Å²) in [4.78, 5) is 47.9. The fraction of sp³-hybridized carbons (Fsp3) is 0.897. The van der Waals surface area contributed by atoms with Crippen LogP contribution in [-0.2, 0) is 28.5 Å². The van der Waals surface area contributed by atoms with Crippen molar-refractivity contribution in [2.45, 2.75) is 224 Å². The molecule has 0 aromatic carbocycles. The Labute approximate surface area is 286 Å². The minimum atomic E-state index is -0.522. The van der Waals surface area contributed by atoms with Gasteiger partial charge in [0.25, 0.3) is 0 Å². The largest absolute Gasteiger partial charge is 0.509 e. The van der Waals surface area contributed by atoms with Crippen LogP contribution in [0.4, 0.5) is 9.59 Å². The van der Waals surface area contributed by atoms with Crippen LogP contribution in [0.15, 0.2) is 0 Å². The van der Waals surface area contributed by atoms with Crippen molar-refractivity contribution < 1.29 is 38.1 Å². The normalized spacial score (nSPS) is 20.6. The van der Waals surface area contributed by atoms with Gasteiger partial charge in [-0.05, 0) is 64.2 Å². The van der Waals surface area contributed by atoms with Gasteiger partial charge in [-0.2, -0.15) is 0 Å². The van der Waals surface area contributed by atoms with E-state index in [0.717, 1.165) is 103 Å². The van der Waals surface area contributed by atoms with Gasteiger partial charge < -0.3 is 18.9 Å². The van der Waals surface area contributed by atoms with Crippen molar-refractivity contribution in [2.24, 2.45) is 0 Å². The lowest BCUT2D eigenvalue weighted by atomic mass is 9.98. The molecule has 4 atom stereocenters. The number of Topliss-reactive ketones (excluding diaryl/α,β-unsaturated/α-hetero) is 2. The van der Waals surface area contributed by atoms with Gasteiger partial charge >= 0.3 is 12.3 Å². The smallest absolute Gasteiger partial charge is 0.427 e. The monoisotopic (exact) mass is 664 g/mol. The van der Waals surface area contributed by atoms with Crippen molar-refractivity contribution in [3.63, 3.8) is 0 Å². The number of carbonyl (C=O) groups is 4. The lowest BCUT2D eigenvalue weighted by Gasteiger charge is -2.15. The van der Waals surface area contributed by atoms with Gasteiger partial charge in [0.1, 0.15) is 36.0 Å². The summed E-state index contributed by atoms with van der Waals surface area (Å²) >= 11 is 0. The lowest BCUT2D eigenvalue weighted by molar-refractivity contribution is -0.127. The molecule has 0 radical (unpaired) electrons. The standard InChI is InChI=1S/C39H68O8/c1-3-5-7-9-15-21-27-34-36(46-38(42)44-34)29-23-17-11-13-19-25-32(40)31-33(41)26-20-14-12-18-24-30-37-35(45-39(43)47-37)28-22-16-10-8-6-4-2/h34-37H,3-31H2,1-2H3. The van der Waals surface area contributed by atoms with Crippen LogP contribution < -0.4 is 0 Å². The summed E-state index contributed by atoms with van der Waals surface area (Å²) in [5.41, 5.74) is 0. The first-order valence-corrected chi connectivity index (χ1v) is 19.7. The molecular formula is C39H68O8. The summed E-state index contributed by atoms with van der Waals surface area (Å²) in [5, 5.41) is 0. The molecule has 272 valence electrons. The van der Waals surface area contributed by atoms with Gasteiger partial charge in [-0.3, -0.25) is 9.59 Å². The quantitative estimate of drug-likeness (QED) is 0.0397. The van der Waals surface area contributed by atoms with E-state index in [1.165, 1.54) is 64.2 Å². The molecule has 2 aliphatic heterocycles. The van der Waals surface area contributed by atoms with Crippen molar-refractivity contribution in [1.29, 1.82) is 0 Å². The van der Waals surface area contributed by atoms with E-state index in [0.29, 0.717) is 12.8 Å². The Kier molecular flexibility index (Phi) is 23.4. The number of unbranched alkanes of at least 4 members (excludes halogenated alkanes) is 18. The molecule has 0 aromatic rings. The average molecular weight is 665 g/mol. The highest BCUT2D eigenvalue weighted by Crippen LogP contribution is 2.27. The molecule has 47 heavy (non-hydrogen) atoms. The van der Waals surface area contributed by atoms with Crippen LogP contribution >= 0.6 is 0 Å². The Morgan fingerprint density at radius 2 is 0.660 bits per heavy atom. The summed E-state index contributed by atoms with van der Waals surface area (Å²) in [6.45, 7) is 4.44. The average Bonchev–Trinajstić information content (AvgIpc) is 3.59. The fourth-order valence-corrected chi connectivity index (χ4v) is 6.88. The molecule has 0 amide bonds. The van der Waals surface area contributed by atoms with Gasteiger partial charge in [0.2, 0.25) is 0 Å². The number of cyclic esters (lactones) is 4. The van der Waals surface area contributed by atoms with Crippen LogP contribution in [-0.4, -0.2) is 48.3 Å². The van der Waals surface area contributed by atoms with E-state index in [4.69, 9.17) is 18.9 Å². The number of hydrogen-bond acceptors (Lipinski definition) is 8. The Morgan fingerprint density at radius 1 is 0.404 bits per heavy atom. The highest BCUT2D eigenvalue weighted by atomic mass is 16.8. The molecule has 0 bridgehead atoms. The third kappa shape index (κ3) is 20.1. The van der Waals surface area contributed by atoms with Gasteiger partial charge in [0.15, 0.2) is 0 Å². The number of carbonyl (C=O) groups excluding carboxylic acids is 4. The maximum atomic E-state index is 12.3. The van der Waals surface area contributed by atoms with E-state index in [1.807, 2.05) is 0 Å². The second kappa shape index (κ2) is 26.8.